The maximum Gasteiger partial charge on any atom is 0.372 e. The summed E-state index contributed by atoms with van der Waals surface area (Å²) < 4.78 is 28.8. The van der Waals surface area contributed by atoms with E-state index in [1.807, 2.05) is 0 Å². The molecule has 0 aliphatic rings. The average molecular weight is 272 g/mol. The van der Waals surface area contributed by atoms with E-state index >= 15 is 0 Å². The van der Waals surface area contributed by atoms with Crippen LogP contribution in [0.3, 0.4) is 0 Å². The lowest BCUT2D eigenvalue weighted by Crippen LogP contribution is -2.06. The molecule has 1 N–H and O–H groups in total. The Bertz CT molecular complexity index is 621. The average Bonchev–Trinajstić information content (AvgIpc) is 2.85. The van der Waals surface area contributed by atoms with Crippen LogP contribution in [0.2, 0.25) is 0 Å². The molecule has 0 saturated heterocycles. The van der Waals surface area contributed by atoms with Gasteiger partial charge in [-0.15, -0.1) is 11.3 Å². The highest BCUT2D eigenvalue weighted by molar-refractivity contribution is 7.92. The van der Waals surface area contributed by atoms with Gasteiger partial charge in [-0.25, -0.2) is 13.2 Å². The summed E-state index contributed by atoms with van der Waals surface area (Å²) in [5.41, 5.74) is 0.158. The maximum absolute atomic E-state index is 11.9. The van der Waals surface area contributed by atoms with E-state index in [0.29, 0.717) is 0 Å². The van der Waals surface area contributed by atoms with Gasteiger partial charge in [-0.3, -0.25) is 0 Å². The van der Waals surface area contributed by atoms with Crippen molar-refractivity contribution in [2.45, 2.75) is 9.96 Å². The number of carbonyl (C=O) groups is 1. The van der Waals surface area contributed by atoms with Crippen LogP contribution in [0.25, 0.3) is 0 Å². The summed E-state index contributed by atoms with van der Waals surface area (Å²) >= 11 is 1.10. The quantitative estimate of drug-likeness (QED) is 0.920. The van der Waals surface area contributed by atoms with Gasteiger partial charge in [0.25, 0.3) is 0 Å². The van der Waals surface area contributed by atoms with Crippen LogP contribution < -0.4 is 0 Å². The predicted octanol–water partition coefficient (Wildman–Crippen LogP) is 2.01. The highest BCUT2D eigenvalue weighted by atomic mass is 32.2. The minimum atomic E-state index is -3.50. The lowest BCUT2D eigenvalue weighted by molar-refractivity contribution is 0.0661. The SMILES string of the molecule is O=C(O)c1occc1CS(=O)(=O)c1cccs1. The predicted molar refractivity (Wildman–Crippen MR) is 60.9 cm³/mol. The van der Waals surface area contributed by atoms with E-state index in [2.05, 4.69) is 0 Å². The van der Waals surface area contributed by atoms with Crippen LogP contribution in [0.4, 0.5) is 0 Å². The van der Waals surface area contributed by atoms with E-state index in [1.165, 1.54) is 18.4 Å². The van der Waals surface area contributed by atoms with E-state index in [1.54, 1.807) is 11.4 Å². The number of thiophene rings is 1. The largest absolute Gasteiger partial charge is 0.475 e. The zero-order valence-electron chi connectivity index (χ0n) is 8.49. The second-order valence-corrected chi connectivity index (χ2v) is 6.44. The number of carboxylic acid groups (broad SMARTS) is 1. The zero-order chi connectivity index (χ0) is 12.5. The third-order valence-electron chi connectivity index (χ3n) is 2.09. The van der Waals surface area contributed by atoms with Crippen LogP contribution in [0.15, 0.2) is 38.5 Å². The molecule has 0 aromatic carbocycles. The molecule has 7 heteroatoms. The van der Waals surface area contributed by atoms with Crippen molar-refractivity contribution in [1.29, 1.82) is 0 Å². The number of hydrogen-bond acceptors (Lipinski definition) is 5. The molecule has 0 atom stereocenters. The first-order valence-electron chi connectivity index (χ1n) is 4.56. The molecule has 0 amide bonds. The van der Waals surface area contributed by atoms with E-state index in [4.69, 9.17) is 9.52 Å². The van der Waals surface area contributed by atoms with Crippen molar-refractivity contribution in [2.75, 3.05) is 0 Å². The molecule has 0 unspecified atom stereocenters. The molecule has 2 heterocycles. The Morgan fingerprint density at radius 3 is 2.76 bits per heavy atom. The lowest BCUT2D eigenvalue weighted by Gasteiger charge is -2.00. The highest BCUT2D eigenvalue weighted by Crippen LogP contribution is 2.23. The van der Waals surface area contributed by atoms with Crippen molar-refractivity contribution in [3.63, 3.8) is 0 Å². The Kier molecular flexibility index (Phi) is 3.03. The van der Waals surface area contributed by atoms with Gasteiger partial charge < -0.3 is 9.52 Å². The molecule has 0 aliphatic heterocycles. The van der Waals surface area contributed by atoms with Gasteiger partial charge in [0.2, 0.25) is 5.76 Å². The first-order chi connectivity index (χ1) is 8.00. The number of aromatic carboxylic acids is 1. The summed E-state index contributed by atoms with van der Waals surface area (Å²) in [5.74, 6) is -1.97. The Hall–Kier alpha value is -1.60. The number of sulfone groups is 1. The summed E-state index contributed by atoms with van der Waals surface area (Å²) in [5, 5.41) is 10.4. The number of furan rings is 1. The van der Waals surface area contributed by atoms with Gasteiger partial charge in [0, 0.05) is 5.56 Å². The summed E-state index contributed by atoms with van der Waals surface area (Å²) in [6, 6.07) is 4.47. The number of carboxylic acids is 1. The minimum Gasteiger partial charge on any atom is -0.475 e. The molecule has 0 spiro atoms. The first kappa shape index (κ1) is 11.9. The Morgan fingerprint density at radius 1 is 1.41 bits per heavy atom. The van der Waals surface area contributed by atoms with Crippen LogP contribution in [-0.2, 0) is 15.6 Å². The van der Waals surface area contributed by atoms with Gasteiger partial charge >= 0.3 is 5.97 Å². The van der Waals surface area contributed by atoms with Crippen LogP contribution >= 0.6 is 11.3 Å². The molecule has 90 valence electrons. The molecule has 2 aromatic heterocycles. The van der Waals surface area contributed by atoms with Crippen LogP contribution in [0, 0.1) is 0 Å². The van der Waals surface area contributed by atoms with Gasteiger partial charge in [0.05, 0.1) is 12.0 Å². The van der Waals surface area contributed by atoms with Crippen LogP contribution in [-0.4, -0.2) is 19.5 Å². The topological polar surface area (TPSA) is 84.6 Å². The normalized spacial score (nSPS) is 11.5. The summed E-state index contributed by atoms with van der Waals surface area (Å²) in [6.45, 7) is 0. The first-order valence-corrected chi connectivity index (χ1v) is 7.10. The van der Waals surface area contributed by atoms with E-state index in [-0.39, 0.29) is 21.3 Å². The van der Waals surface area contributed by atoms with Crippen molar-refractivity contribution in [3.8, 4) is 0 Å². The molecule has 0 saturated carbocycles. The third-order valence-corrected chi connectivity index (χ3v) is 5.24. The van der Waals surface area contributed by atoms with E-state index < -0.39 is 15.8 Å². The monoisotopic (exact) mass is 272 g/mol. The molecule has 17 heavy (non-hydrogen) atoms. The second kappa shape index (κ2) is 4.34. The molecule has 5 nitrogen and oxygen atoms in total. The molecule has 0 radical (unpaired) electrons. The van der Waals surface area contributed by atoms with Crippen molar-refractivity contribution >= 4 is 27.1 Å². The molecule has 0 fully saturated rings. The lowest BCUT2D eigenvalue weighted by atomic mass is 10.3. The van der Waals surface area contributed by atoms with Crippen LogP contribution in [0.1, 0.15) is 16.1 Å². The van der Waals surface area contributed by atoms with Gasteiger partial charge in [-0.05, 0) is 17.5 Å². The van der Waals surface area contributed by atoms with Gasteiger partial charge in [-0.1, -0.05) is 6.07 Å². The van der Waals surface area contributed by atoms with Crippen molar-refractivity contribution in [2.24, 2.45) is 0 Å². The van der Waals surface area contributed by atoms with Gasteiger partial charge in [0.15, 0.2) is 9.84 Å². The summed E-state index contributed by atoms with van der Waals surface area (Å²) in [6.07, 6.45) is 1.17. The summed E-state index contributed by atoms with van der Waals surface area (Å²) in [7, 11) is -3.50. The Morgan fingerprint density at radius 2 is 2.18 bits per heavy atom. The fourth-order valence-electron chi connectivity index (χ4n) is 1.35. The molecular weight excluding hydrogens is 264 g/mol. The molecular formula is C10H8O5S2. The maximum atomic E-state index is 11.9. The Labute approximate surface area is 101 Å². The minimum absolute atomic E-state index is 0.158. The molecule has 0 bridgehead atoms. The summed E-state index contributed by atoms with van der Waals surface area (Å²) in [4.78, 5) is 10.8. The third kappa shape index (κ3) is 2.40. The smallest absolute Gasteiger partial charge is 0.372 e. The molecule has 0 aliphatic carbocycles. The Balaban J connectivity index is 2.33. The van der Waals surface area contributed by atoms with Crippen molar-refractivity contribution < 1.29 is 22.7 Å². The second-order valence-electron chi connectivity index (χ2n) is 3.27. The van der Waals surface area contributed by atoms with Crippen LogP contribution in [0.5, 0.6) is 0 Å². The standard InChI is InChI=1S/C10H8O5S2/c11-10(12)9-7(3-4-15-9)6-17(13,14)8-2-1-5-16-8/h1-5H,6H2,(H,11,12). The van der Waals surface area contributed by atoms with Crippen molar-refractivity contribution in [1.82, 2.24) is 0 Å². The van der Waals surface area contributed by atoms with Crippen molar-refractivity contribution in [3.05, 3.63) is 41.2 Å². The van der Waals surface area contributed by atoms with E-state index in [0.717, 1.165) is 11.3 Å². The van der Waals surface area contributed by atoms with Gasteiger partial charge in [-0.2, -0.15) is 0 Å². The van der Waals surface area contributed by atoms with E-state index in [9.17, 15) is 13.2 Å². The number of hydrogen-bond donors (Lipinski definition) is 1. The fourth-order valence-corrected chi connectivity index (χ4v) is 3.80. The number of rotatable bonds is 4. The zero-order valence-corrected chi connectivity index (χ0v) is 10.1. The highest BCUT2D eigenvalue weighted by Gasteiger charge is 2.22. The van der Waals surface area contributed by atoms with Gasteiger partial charge in [0.1, 0.15) is 4.21 Å². The molecule has 2 rings (SSSR count). The fraction of sp³-hybridized carbons (Fsp3) is 0.100. The molecule has 2 aromatic rings.